The van der Waals surface area contributed by atoms with E-state index in [9.17, 15) is 19.7 Å². The van der Waals surface area contributed by atoms with Crippen LogP contribution in [0.4, 0.5) is 26.7 Å². The van der Waals surface area contributed by atoms with Crippen molar-refractivity contribution in [2.24, 2.45) is 0 Å². The molecule has 2 saturated heterocycles. The van der Waals surface area contributed by atoms with Crippen LogP contribution in [0.3, 0.4) is 0 Å². The summed E-state index contributed by atoms with van der Waals surface area (Å²) in [6.45, 7) is 19.4. The van der Waals surface area contributed by atoms with E-state index in [-0.39, 0.29) is 32.3 Å². The number of nitro groups is 1. The number of carbonyl (C=O) groups is 2. The fraction of sp³-hybridized carbons (Fsp3) is 0.270. The minimum Gasteiger partial charge on any atom is -0.496 e. The molecule has 15 rings (SSSR count). The van der Waals surface area contributed by atoms with Gasteiger partial charge in [-0.05, 0) is 115 Å². The number of rotatable bonds is 9. The number of nitrogens with one attached hydrogen (secondary N) is 4. The fourth-order valence-corrected chi connectivity index (χ4v) is 12.7. The number of non-ortho nitro benzene ring substituents is 1. The van der Waals surface area contributed by atoms with Gasteiger partial charge in [-0.25, -0.2) is 29.5 Å². The zero-order chi connectivity index (χ0) is 68.3. The second-order valence-electron chi connectivity index (χ2n) is 23.8. The Hall–Kier alpha value is -11.1. The summed E-state index contributed by atoms with van der Waals surface area (Å²) in [6.07, 6.45) is 0. The molecule has 0 aliphatic carbocycles. The van der Waals surface area contributed by atoms with Gasteiger partial charge in [0.2, 0.25) is 0 Å². The van der Waals surface area contributed by atoms with Crippen molar-refractivity contribution in [3.8, 4) is 62.0 Å². The van der Waals surface area contributed by atoms with Gasteiger partial charge in [0.15, 0.2) is 0 Å². The van der Waals surface area contributed by atoms with Gasteiger partial charge in [-0.2, -0.15) is 0 Å². The topological polar surface area (TPSA) is 300 Å². The van der Waals surface area contributed by atoms with Gasteiger partial charge in [-0.3, -0.25) is 10.1 Å². The lowest BCUT2D eigenvalue weighted by molar-refractivity contribution is -0.384. The molecular formula is C74H80ClN15O9. The van der Waals surface area contributed by atoms with Gasteiger partial charge in [0.1, 0.15) is 51.7 Å². The lowest BCUT2D eigenvalue weighted by Gasteiger charge is -2.32. The number of ether oxygens (including phenoxy) is 3. The normalized spacial score (nSPS) is 13.2. The largest absolute Gasteiger partial charge is 0.496 e. The molecule has 25 heteroatoms. The monoisotopic (exact) mass is 1360 g/mol. The number of nitrogens with zero attached hydrogens (tertiary/aromatic N) is 10. The smallest absolute Gasteiger partial charge is 0.409 e. The number of methoxy groups -OCH3 is 2. The summed E-state index contributed by atoms with van der Waals surface area (Å²) >= 11 is 4.92. The van der Waals surface area contributed by atoms with Crippen LogP contribution in [0.25, 0.3) is 110 Å². The first-order chi connectivity index (χ1) is 46.8. The molecule has 2 aliphatic rings. The maximum Gasteiger partial charge on any atom is 0.409 e. The molecule has 0 saturated carbocycles. The fourth-order valence-electron chi connectivity index (χ4n) is 12.6. The average Bonchev–Trinajstić information content (AvgIpc) is 1.63. The Morgan fingerprint density at radius 2 is 1.05 bits per heavy atom. The number of amides is 2. The summed E-state index contributed by atoms with van der Waals surface area (Å²) in [7, 11) is 7.57. The number of nitrogen functional groups attached to an aromatic ring is 1. The maximum atomic E-state index is 13.2. The van der Waals surface area contributed by atoms with Crippen molar-refractivity contribution in [1.29, 1.82) is 0 Å². The van der Waals surface area contributed by atoms with E-state index in [1.807, 2.05) is 119 Å². The second kappa shape index (κ2) is 30.2. The van der Waals surface area contributed by atoms with Gasteiger partial charge in [0.25, 0.3) is 5.69 Å². The molecular weight excluding hydrogens is 1280 g/mol. The molecule has 2 amide bonds. The van der Waals surface area contributed by atoms with Crippen molar-refractivity contribution in [2.45, 2.75) is 56.4 Å². The first-order valence-electron chi connectivity index (χ1n) is 31.4. The summed E-state index contributed by atoms with van der Waals surface area (Å²) in [5.41, 5.74) is 19.0. The number of aryl methyl sites for hydroxylation is 6. The van der Waals surface area contributed by atoms with Crippen LogP contribution in [0.2, 0.25) is 0 Å². The lowest BCUT2D eigenvalue weighted by atomic mass is 9.97. The van der Waals surface area contributed by atoms with Crippen LogP contribution in [0, 0.1) is 51.7 Å². The summed E-state index contributed by atoms with van der Waals surface area (Å²) in [6, 6.07) is 37.4. The highest BCUT2D eigenvalue weighted by Gasteiger charge is 2.26. The number of nitro benzene ring substituents is 1. The van der Waals surface area contributed by atoms with Crippen molar-refractivity contribution in [1.82, 2.24) is 60.2 Å². The molecule has 0 unspecified atom stereocenters. The van der Waals surface area contributed by atoms with Gasteiger partial charge < -0.3 is 64.3 Å². The molecule has 0 spiro atoms. The molecule has 2 aliphatic heterocycles. The summed E-state index contributed by atoms with van der Waals surface area (Å²) in [5.74, 6) is 4.43. The van der Waals surface area contributed by atoms with Crippen LogP contribution in [-0.2, 0) is 0 Å². The molecule has 0 atom stereocenters. The summed E-state index contributed by atoms with van der Waals surface area (Å²) in [5, 5.41) is 32.7. The minimum absolute atomic E-state index is 0. The number of H-pyrrole nitrogens is 2. The van der Waals surface area contributed by atoms with E-state index in [2.05, 4.69) is 83.8 Å². The van der Waals surface area contributed by atoms with E-state index in [0.717, 1.165) is 176 Å². The number of carbonyl (C=O) groups excluding carboxylic acids is 2. The van der Waals surface area contributed by atoms with Gasteiger partial charge in [-0.15, -0.1) is 0 Å². The van der Waals surface area contributed by atoms with Crippen LogP contribution >= 0.6 is 11.6 Å². The van der Waals surface area contributed by atoms with E-state index >= 15 is 0 Å². The first-order valence-corrected chi connectivity index (χ1v) is 31.8. The molecule has 6 N–H and O–H groups in total. The number of hydrogen-bond acceptors (Lipinski definition) is 19. The van der Waals surface area contributed by atoms with E-state index in [0.29, 0.717) is 30.5 Å². The third kappa shape index (κ3) is 14.7. The number of benzene rings is 7. The van der Waals surface area contributed by atoms with Crippen molar-refractivity contribution in [2.75, 3.05) is 91.7 Å². The molecule has 2 fully saturated rings. The number of aromatic nitrogens is 8. The van der Waals surface area contributed by atoms with Crippen LogP contribution < -0.4 is 30.6 Å². The highest BCUT2D eigenvalue weighted by atomic mass is 35.5. The van der Waals surface area contributed by atoms with Crippen LogP contribution in [-0.4, -0.2) is 152 Å². The zero-order valence-corrected chi connectivity index (χ0v) is 56.1. The Balaban J connectivity index is 0.000000167. The van der Waals surface area contributed by atoms with Gasteiger partial charge >= 0.3 is 11.5 Å². The van der Waals surface area contributed by atoms with Crippen molar-refractivity contribution >= 4 is 106 Å². The highest BCUT2D eigenvalue weighted by Crippen LogP contribution is 2.45. The van der Waals surface area contributed by atoms with Crippen LogP contribution in [0.1, 0.15) is 49.4 Å². The van der Waals surface area contributed by atoms with Gasteiger partial charge in [0.05, 0.1) is 69.5 Å². The van der Waals surface area contributed by atoms with Crippen molar-refractivity contribution in [3.05, 3.63) is 166 Å². The third-order valence-electron chi connectivity index (χ3n) is 17.4. The van der Waals surface area contributed by atoms with E-state index in [1.54, 1.807) is 14.2 Å². The number of fused-ring (bicyclic) bond motifs is 8. The Morgan fingerprint density at radius 1 is 0.586 bits per heavy atom. The third-order valence-corrected chi connectivity index (χ3v) is 17.5. The number of urea groups is 1. The highest BCUT2D eigenvalue weighted by molar-refractivity contribution is 6.61. The van der Waals surface area contributed by atoms with E-state index < -0.39 is 10.4 Å². The van der Waals surface area contributed by atoms with E-state index in [1.165, 1.54) is 37.4 Å². The molecule has 0 radical (unpaired) electrons. The number of piperazine rings is 2. The number of anilines is 2. The number of likely N-dealkylation sites (N-methyl/N-ethyl adjacent to an activating group) is 2. The van der Waals surface area contributed by atoms with Gasteiger partial charge in [-0.1, -0.05) is 85.8 Å². The summed E-state index contributed by atoms with van der Waals surface area (Å²) in [4.78, 5) is 65.9. The number of aromatic amines is 2. The van der Waals surface area contributed by atoms with E-state index in [4.69, 9.17) is 55.8 Å². The molecule has 512 valence electrons. The predicted molar refractivity (Wildman–Crippen MR) is 392 cm³/mol. The van der Waals surface area contributed by atoms with Crippen LogP contribution in [0.15, 0.2) is 130 Å². The Bertz CT molecular complexity index is 5110. The first kappa shape index (κ1) is 70.7. The quantitative estimate of drug-likeness (QED) is 0.0388. The Labute approximate surface area is 576 Å². The number of halogens is 1. The Kier molecular flexibility index (Phi) is 21.5. The van der Waals surface area contributed by atoms with Crippen molar-refractivity contribution < 1.29 is 37.8 Å². The Morgan fingerprint density at radius 3 is 1.49 bits per heavy atom. The number of hydrogen-bond donors (Lipinski definition) is 5. The molecule has 6 aromatic heterocycles. The average molecular weight is 1360 g/mol. The molecule has 7 aromatic carbocycles. The second-order valence-corrected chi connectivity index (χ2v) is 24.2. The zero-order valence-electron chi connectivity index (χ0n) is 55.3. The number of nitrogens with two attached hydrogens (primary N) is 1. The molecule has 8 heterocycles. The predicted octanol–water partition coefficient (Wildman–Crippen LogP) is 15.5. The van der Waals surface area contributed by atoms with Gasteiger partial charge in [0, 0.05) is 137 Å². The van der Waals surface area contributed by atoms with Crippen LogP contribution in [0.5, 0.6) is 17.2 Å². The maximum absolute atomic E-state index is 13.2. The van der Waals surface area contributed by atoms with Crippen molar-refractivity contribution in [3.63, 3.8) is 0 Å². The minimum atomic E-state index is -0.978. The summed E-state index contributed by atoms with van der Waals surface area (Å²) < 4.78 is 27.0. The SMILES string of the molecule is C.C.CN1CCNCC1.COc1cc2c(cc1-c1c(C)noc1C)[nH]c1nc(C)nc(-c3ccc(N)c4ccccc34)c12.COc1cc2c(cc1-c1c(C)noc1C)[nH]c1nc(C)nc(-c3ccc(NC(=O)N4CCN(C)CC4)c4ccccc34)c12.O=C(Cl)Oc1ccc([N+](=O)[O-])cc1. The molecule has 0 bridgehead atoms. The molecule has 24 nitrogen and oxygen atoms in total. The molecule has 13 aromatic rings. The molecule has 99 heavy (non-hydrogen) atoms. The lowest BCUT2D eigenvalue weighted by Crippen LogP contribution is -2.48. The standard InChI is InChI=1S/C33H33N7O3.C27H23N5O2.C7H4ClNO4.C5H12N2.2CH4/c1-18-29(19(2)43-38-18)25-16-27-24(17-28(25)42-5)30-31(34-20(3)35-32(30)36-27)23-10-11-26(22-9-7-6-8-21(22)23)37-33(41)40-14-12-39(4)13-15-40;1-13-24(14(2)34-32-13)20-11-22-19(12-23(20)33-4)25-26(29-15(3)30-27(25)31-22)18-9-10-21(28)17-8-6-5-7-16(17)18;8-7(10)13-6-3-1-5(2-4-6)9(11)12;1-7-4-2-6-3-5-7;;/h6-11,16-17H,12-15H2,1-5H3,(H,37,41)(H,34,35,36);5-12H,28H2,1-4H3,(H,29,30,31);1-4H;6H,2-5H2,1H3;2*1H4.